The fraction of sp³-hybridized carbons (Fsp3) is 1.00. The van der Waals surface area contributed by atoms with Crippen LogP contribution in [-0.2, 0) is 0 Å². The van der Waals surface area contributed by atoms with Gasteiger partial charge in [0, 0.05) is 0 Å². The van der Waals surface area contributed by atoms with Gasteiger partial charge in [0.05, 0.1) is 0 Å². The van der Waals surface area contributed by atoms with Crippen LogP contribution in [0.3, 0.4) is 0 Å². The van der Waals surface area contributed by atoms with E-state index >= 15 is 0 Å². The molecule has 0 aliphatic heterocycles. The first kappa shape index (κ1) is 19.1. The smallest absolute Gasteiger partial charge is 1.00 e. The van der Waals surface area contributed by atoms with Gasteiger partial charge in [-0.3, -0.25) is 8.80 Å². The molecule has 0 saturated heterocycles. The molecule has 0 amide bonds. The maximum absolute atomic E-state index is 2.37. The average Bonchev–Trinajstić information content (AvgIpc) is 1.59. The van der Waals surface area contributed by atoms with Crippen molar-refractivity contribution in [2.45, 2.75) is 58.2 Å². The van der Waals surface area contributed by atoms with Crippen LogP contribution in [0.25, 0.3) is 0 Å². The number of halogens is 1. The van der Waals surface area contributed by atoms with E-state index in [0.717, 1.165) is 16.6 Å². The quantitative estimate of drug-likeness (QED) is 0.643. The van der Waals surface area contributed by atoms with Crippen LogP contribution in [0.4, 0.5) is 0 Å². The van der Waals surface area contributed by atoms with Gasteiger partial charge in [0.15, 0.2) is 0 Å². The van der Waals surface area contributed by atoms with E-state index in [0.29, 0.717) is 0 Å². The minimum absolute atomic E-state index is 0. The van der Waals surface area contributed by atoms with Crippen molar-refractivity contribution in [3.05, 3.63) is 0 Å². The predicted octanol–water partition coefficient (Wildman–Crippen LogP) is 0.334. The second kappa shape index (κ2) is 9.04. The molecule has 0 aromatic heterocycles. The zero-order valence-electron chi connectivity index (χ0n) is 9.32. The molecule has 0 aliphatic rings. The van der Waals surface area contributed by atoms with Gasteiger partial charge in [0.1, 0.15) is 0 Å². The monoisotopic (exact) mass is 260 g/mol. The summed E-state index contributed by atoms with van der Waals surface area (Å²) in [5, 5.41) is 0. The summed E-state index contributed by atoms with van der Waals surface area (Å²) in [6.07, 6.45) is 0. The van der Waals surface area contributed by atoms with E-state index in [1.807, 2.05) is 0 Å². The van der Waals surface area contributed by atoms with E-state index in [1.54, 1.807) is 0 Å². The van der Waals surface area contributed by atoms with Gasteiger partial charge in [-0.1, -0.05) is 41.5 Å². The molecule has 3 heteroatoms. The summed E-state index contributed by atoms with van der Waals surface area (Å²) in [5.74, 6) is 0. The van der Waals surface area contributed by atoms with Crippen molar-refractivity contribution in [3.8, 4) is 0 Å². The first-order chi connectivity index (χ1) is 4.46. The Morgan fingerprint density at radius 1 is 0.667 bits per heavy atom. The van der Waals surface area contributed by atoms with E-state index in [2.05, 4.69) is 41.5 Å². The Labute approximate surface area is 106 Å². The number of hydrogen-bond donors (Lipinski definition) is 0. The van der Waals surface area contributed by atoms with Crippen LogP contribution in [0.15, 0.2) is 0 Å². The molecule has 70 valence electrons. The van der Waals surface area contributed by atoms with Crippen LogP contribution in [0.1, 0.15) is 41.5 Å². The molecule has 0 unspecified atom stereocenters. The summed E-state index contributed by atoms with van der Waals surface area (Å²) in [7, 11) is -0.0957. The van der Waals surface area contributed by atoms with E-state index in [-0.39, 0.29) is 48.8 Å². The van der Waals surface area contributed by atoms with Crippen molar-refractivity contribution in [2.75, 3.05) is 0 Å². The molecular weight excluding hydrogens is 240 g/mol. The SMILES string of the molecule is CC(C)[Si-](C(C)C)C(C)C.[Br-].[Mg+2]. The molecule has 0 radical (unpaired) electrons. The molecule has 0 nitrogen and oxygen atoms in total. The van der Waals surface area contributed by atoms with Crippen molar-refractivity contribution in [2.24, 2.45) is 0 Å². The Bertz CT molecular complexity index is 75.5. The molecule has 0 fully saturated rings. The molecule has 0 aromatic rings. The third-order valence-corrected chi connectivity index (χ3v) is 6.00. The zero-order chi connectivity index (χ0) is 8.31. The van der Waals surface area contributed by atoms with Crippen molar-refractivity contribution in [1.82, 2.24) is 0 Å². The molecular formula is C9H21BrMgSi. The molecule has 0 saturated carbocycles. The largest absolute Gasteiger partial charge is 2.00 e. The van der Waals surface area contributed by atoms with Gasteiger partial charge >= 0.3 is 23.1 Å². The summed E-state index contributed by atoms with van der Waals surface area (Å²) in [6.45, 7) is 14.2. The third kappa shape index (κ3) is 6.92. The Kier molecular flexibility index (Phi) is 14.4. The van der Waals surface area contributed by atoms with Crippen molar-refractivity contribution in [1.29, 1.82) is 0 Å². The standard InChI is InChI=1S/C9H21Si.BrH.Mg/c1-7(2)10(8(3)4)9(5)6;;/h7-9H,1-6H3;1H;/q-1;;+2/p-1. The summed E-state index contributed by atoms with van der Waals surface area (Å²) in [6, 6.07) is 0. The Balaban J connectivity index is -0.000000405. The van der Waals surface area contributed by atoms with Crippen molar-refractivity contribution in [3.63, 3.8) is 0 Å². The maximum atomic E-state index is 2.37. The zero-order valence-corrected chi connectivity index (χ0v) is 13.3. The summed E-state index contributed by atoms with van der Waals surface area (Å²) in [4.78, 5) is 0. The molecule has 0 atom stereocenters. The molecule has 0 aromatic carbocycles. The molecule has 12 heavy (non-hydrogen) atoms. The van der Waals surface area contributed by atoms with E-state index in [9.17, 15) is 0 Å². The van der Waals surface area contributed by atoms with Crippen LogP contribution in [0, 0.1) is 0 Å². The van der Waals surface area contributed by atoms with E-state index < -0.39 is 0 Å². The summed E-state index contributed by atoms with van der Waals surface area (Å²) in [5.41, 5.74) is 2.81. The van der Waals surface area contributed by atoms with Crippen LogP contribution >= 0.6 is 0 Å². The fourth-order valence-electron chi connectivity index (χ4n) is 2.00. The molecule has 0 spiro atoms. The van der Waals surface area contributed by atoms with Crippen LogP contribution in [-0.4, -0.2) is 31.8 Å². The Morgan fingerprint density at radius 3 is 0.833 bits per heavy atom. The average molecular weight is 262 g/mol. The minimum atomic E-state index is -0.0957. The van der Waals surface area contributed by atoms with Crippen LogP contribution in [0.5, 0.6) is 0 Å². The minimum Gasteiger partial charge on any atom is -1.00 e. The maximum Gasteiger partial charge on any atom is 2.00 e. The van der Waals surface area contributed by atoms with Gasteiger partial charge in [-0.15, -0.1) is 0 Å². The van der Waals surface area contributed by atoms with E-state index in [4.69, 9.17) is 0 Å². The van der Waals surface area contributed by atoms with Gasteiger partial charge in [-0.05, 0) is 0 Å². The van der Waals surface area contributed by atoms with Crippen molar-refractivity contribution < 1.29 is 17.0 Å². The van der Waals surface area contributed by atoms with Crippen LogP contribution < -0.4 is 17.0 Å². The fourth-order valence-corrected chi connectivity index (χ4v) is 6.00. The molecule has 0 bridgehead atoms. The van der Waals surface area contributed by atoms with Gasteiger partial charge < -0.3 is 17.0 Å². The number of rotatable bonds is 3. The summed E-state index contributed by atoms with van der Waals surface area (Å²) >= 11 is 0. The topological polar surface area (TPSA) is 0 Å². The molecule has 0 N–H and O–H groups in total. The second-order valence-electron chi connectivity index (χ2n) is 3.96. The first-order valence-corrected chi connectivity index (χ1v) is 6.06. The number of hydrogen-bond acceptors (Lipinski definition) is 0. The summed E-state index contributed by atoms with van der Waals surface area (Å²) < 4.78 is 0. The second-order valence-corrected chi connectivity index (χ2v) is 8.43. The predicted molar refractivity (Wildman–Crippen MR) is 56.8 cm³/mol. The van der Waals surface area contributed by atoms with E-state index in [1.165, 1.54) is 0 Å². The Morgan fingerprint density at radius 2 is 0.833 bits per heavy atom. The van der Waals surface area contributed by atoms with Gasteiger partial charge in [-0.2, -0.15) is 16.6 Å². The third-order valence-electron chi connectivity index (χ3n) is 2.00. The Hall–Kier alpha value is 1.46. The first-order valence-electron chi connectivity index (χ1n) is 4.33. The molecule has 0 aliphatic carbocycles. The van der Waals surface area contributed by atoms with Gasteiger partial charge in [0.2, 0.25) is 0 Å². The van der Waals surface area contributed by atoms with Crippen molar-refractivity contribution >= 4 is 31.8 Å². The van der Waals surface area contributed by atoms with Gasteiger partial charge in [0.25, 0.3) is 0 Å². The molecule has 0 rings (SSSR count). The van der Waals surface area contributed by atoms with Gasteiger partial charge in [-0.25, -0.2) is 0 Å². The normalized spacial score (nSPS) is 10.5. The molecule has 0 heterocycles. The van der Waals surface area contributed by atoms with Crippen LogP contribution in [0.2, 0.25) is 16.6 Å².